The van der Waals surface area contributed by atoms with Gasteiger partial charge in [-0.2, -0.15) is 0 Å². The monoisotopic (exact) mass is 277 g/mol. The van der Waals surface area contributed by atoms with Gasteiger partial charge < -0.3 is 23.8 Å². The minimum absolute atomic E-state index is 0.216. The Morgan fingerprint density at radius 3 is 1.74 bits per heavy atom. The van der Waals surface area contributed by atoms with Crippen molar-refractivity contribution in [2.75, 3.05) is 52.9 Å². The van der Waals surface area contributed by atoms with Crippen molar-refractivity contribution in [2.45, 2.75) is 6.92 Å². The van der Waals surface area contributed by atoms with Crippen LogP contribution in [0.4, 0.5) is 0 Å². The van der Waals surface area contributed by atoms with Crippen LogP contribution in [0.3, 0.4) is 0 Å². The van der Waals surface area contributed by atoms with Gasteiger partial charge in [0, 0.05) is 5.57 Å². The Bertz CT molecular complexity index is 246. The van der Waals surface area contributed by atoms with Gasteiger partial charge in [-0.1, -0.05) is 6.58 Å². The summed E-state index contributed by atoms with van der Waals surface area (Å²) >= 11 is 0. The molecule has 0 saturated carbocycles. The summed E-state index contributed by atoms with van der Waals surface area (Å²) < 4.78 is 20.4. The standard InChI is InChI=1S/C12H23NO6/c1-11(2)12(14)18-9-7-16-5-3-15-4-6-17-8-10-19-13/h1,3-10,13H2,2H3. The van der Waals surface area contributed by atoms with Gasteiger partial charge in [-0.05, 0) is 6.92 Å². The Kier molecular flexibility index (Phi) is 12.7. The number of esters is 1. The molecule has 2 N–H and O–H groups in total. The first kappa shape index (κ1) is 18.0. The van der Waals surface area contributed by atoms with Crippen molar-refractivity contribution in [1.82, 2.24) is 0 Å². The molecule has 7 nitrogen and oxygen atoms in total. The molecule has 0 heterocycles. The quantitative estimate of drug-likeness (QED) is 0.220. The van der Waals surface area contributed by atoms with Crippen molar-refractivity contribution in [3.8, 4) is 0 Å². The highest BCUT2D eigenvalue weighted by molar-refractivity contribution is 5.86. The molecular formula is C12H23NO6. The first-order valence-electron chi connectivity index (χ1n) is 6.06. The number of carbonyl (C=O) groups is 1. The Balaban J connectivity index is 3.07. The van der Waals surface area contributed by atoms with Gasteiger partial charge in [0.25, 0.3) is 0 Å². The van der Waals surface area contributed by atoms with E-state index in [1.165, 1.54) is 0 Å². The molecule has 0 radical (unpaired) electrons. The summed E-state index contributed by atoms with van der Waals surface area (Å²) in [6.07, 6.45) is 0. The van der Waals surface area contributed by atoms with Gasteiger partial charge in [0.2, 0.25) is 0 Å². The maximum absolute atomic E-state index is 11.0. The number of hydrogen-bond donors (Lipinski definition) is 1. The minimum atomic E-state index is -0.404. The second kappa shape index (κ2) is 13.4. The largest absolute Gasteiger partial charge is 0.460 e. The molecule has 0 bridgehead atoms. The molecule has 0 spiro atoms. The Hall–Kier alpha value is -0.990. The number of hydrogen-bond acceptors (Lipinski definition) is 7. The first-order chi connectivity index (χ1) is 9.18. The summed E-state index contributed by atoms with van der Waals surface area (Å²) in [6.45, 7) is 8.31. The molecule has 0 aliphatic rings. The van der Waals surface area contributed by atoms with E-state index in [0.717, 1.165) is 0 Å². The topological polar surface area (TPSA) is 89.2 Å². The molecule has 0 aromatic heterocycles. The molecule has 0 aromatic carbocycles. The highest BCUT2D eigenvalue weighted by Gasteiger charge is 2.01. The van der Waals surface area contributed by atoms with Gasteiger partial charge in [0.15, 0.2) is 0 Å². The van der Waals surface area contributed by atoms with E-state index < -0.39 is 5.97 Å². The van der Waals surface area contributed by atoms with Crippen LogP contribution in [0, 0.1) is 0 Å². The summed E-state index contributed by atoms with van der Waals surface area (Å²) in [5, 5.41) is 0. The second-order valence-electron chi connectivity index (χ2n) is 3.62. The molecule has 0 fully saturated rings. The smallest absolute Gasteiger partial charge is 0.333 e. The highest BCUT2D eigenvalue weighted by Crippen LogP contribution is 1.91. The zero-order valence-electron chi connectivity index (χ0n) is 11.4. The Morgan fingerprint density at radius 1 is 0.895 bits per heavy atom. The molecule has 0 aliphatic carbocycles. The first-order valence-corrected chi connectivity index (χ1v) is 6.06. The highest BCUT2D eigenvalue weighted by atomic mass is 16.6. The Morgan fingerprint density at radius 2 is 1.32 bits per heavy atom. The number of rotatable bonds is 13. The van der Waals surface area contributed by atoms with Crippen LogP contribution in [0.2, 0.25) is 0 Å². The van der Waals surface area contributed by atoms with Crippen LogP contribution in [-0.4, -0.2) is 58.8 Å². The van der Waals surface area contributed by atoms with Crippen LogP contribution in [0.25, 0.3) is 0 Å². The zero-order chi connectivity index (χ0) is 14.3. The molecule has 19 heavy (non-hydrogen) atoms. The molecule has 7 heteroatoms. The second-order valence-corrected chi connectivity index (χ2v) is 3.62. The predicted molar refractivity (Wildman–Crippen MR) is 68.4 cm³/mol. The molecule has 0 aromatic rings. The van der Waals surface area contributed by atoms with Crippen molar-refractivity contribution < 1.29 is 28.6 Å². The summed E-state index contributed by atoms with van der Waals surface area (Å²) in [5.74, 6) is 4.42. The van der Waals surface area contributed by atoms with Crippen LogP contribution in [0.1, 0.15) is 6.92 Å². The maximum atomic E-state index is 11.0. The van der Waals surface area contributed by atoms with E-state index in [1.54, 1.807) is 6.92 Å². The molecule has 112 valence electrons. The molecule has 0 rings (SSSR count). The van der Waals surface area contributed by atoms with Crippen molar-refractivity contribution in [1.29, 1.82) is 0 Å². The van der Waals surface area contributed by atoms with Crippen molar-refractivity contribution >= 4 is 5.97 Å². The lowest BCUT2D eigenvalue weighted by Gasteiger charge is -2.07. The minimum Gasteiger partial charge on any atom is -0.460 e. The molecule has 0 unspecified atom stereocenters. The summed E-state index contributed by atoms with van der Waals surface area (Å²) in [4.78, 5) is 15.3. The number of carbonyl (C=O) groups excluding carboxylic acids is 1. The van der Waals surface area contributed by atoms with E-state index in [1.807, 2.05) is 0 Å². The van der Waals surface area contributed by atoms with Gasteiger partial charge in [-0.25, -0.2) is 10.7 Å². The van der Waals surface area contributed by atoms with E-state index in [9.17, 15) is 4.79 Å². The average Bonchev–Trinajstić information content (AvgIpc) is 2.39. The van der Waals surface area contributed by atoms with E-state index >= 15 is 0 Å². The van der Waals surface area contributed by atoms with E-state index in [2.05, 4.69) is 11.4 Å². The third-order valence-electron chi connectivity index (χ3n) is 1.90. The van der Waals surface area contributed by atoms with Crippen molar-refractivity contribution in [3.05, 3.63) is 12.2 Å². The van der Waals surface area contributed by atoms with Crippen LogP contribution in [0.15, 0.2) is 12.2 Å². The molecule has 0 atom stereocenters. The van der Waals surface area contributed by atoms with Crippen LogP contribution < -0.4 is 5.90 Å². The number of nitrogens with two attached hydrogens (primary N) is 1. The lowest BCUT2D eigenvalue weighted by atomic mass is 10.4. The van der Waals surface area contributed by atoms with E-state index in [4.69, 9.17) is 24.8 Å². The van der Waals surface area contributed by atoms with Gasteiger partial charge in [0.05, 0.1) is 46.2 Å². The lowest BCUT2D eigenvalue weighted by molar-refractivity contribution is -0.140. The van der Waals surface area contributed by atoms with Crippen molar-refractivity contribution in [3.63, 3.8) is 0 Å². The lowest BCUT2D eigenvalue weighted by Crippen LogP contribution is -2.15. The van der Waals surface area contributed by atoms with Gasteiger partial charge in [0.1, 0.15) is 6.61 Å². The van der Waals surface area contributed by atoms with Crippen LogP contribution >= 0.6 is 0 Å². The predicted octanol–water partition coefficient (Wildman–Crippen LogP) is 0.0458. The van der Waals surface area contributed by atoms with E-state index in [0.29, 0.717) is 51.8 Å². The third-order valence-corrected chi connectivity index (χ3v) is 1.90. The zero-order valence-corrected chi connectivity index (χ0v) is 11.4. The fraction of sp³-hybridized carbons (Fsp3) is 0.750. The van der Waals surface area contributed by atoms with Crippen molar-refractivity contribution in [2.24, 2.45) is 5.90 Å². The van der Waals surface area contributed by atoms with Crippen LogP contribution in [-0.2, 0) is 28.6 Å². The number of ether oxygens (including phenoxy) is 4. The van der Waals surface area contributed by atoms with E-state index in [-0.39, 0.29) is 6.61 Å². The third kappa shape index (κ3) is 13.2. The average molecular weight is 277 g/mol. The van der Waals surface area contributed by atoms with Gasteiger partial charge in [-0.15, -0.1) is 0 Å². The van der Waals surface area contributed by atoms with Gasteiger partial charge >= 0.3 is 5.97 Å². The maximum Gasteiger partial charge on any atom is 0.333 e. The fourth-order valence-electron chi connectivity index (χ4n) is 0.965. The summed E-state index contributed by atoms with van der Waals surface area (Å²) in [7, 11) is 0. The molecule has 0 amide bonds. The fourth-order valence-corrected chi connectivity index (χ4v) is 0.965. The van der Waals surface area contributed by atoms with Gasteiger partial charge in [-0.3, -0.25) is 0 Å². The van der Waals surface area contributed by atoms with Crippen LogP contribution in [0.5, 0.6) is 0 Å². The molecule has 0 saturated heterocycles. The Labute approximate surface area is 113 Å². The summed E-state index contributed by atoms with van der Waals surface area (Å²) in [5.41, 5.74) is 0.378. The molecular weight excluding hydrogens is 254 g/mol. The molecule has 0 aliphatic heterocycles. The normalized spacial score (nSPS) is 10.4. The SMILES string of the molecule is C=C(C)C(=O)OCCOCCOCCOCCON. The summed E-state index contributed by atoms with van der Waals surface area (Å²) in [6, 6.07) is 0.